The summed E-state index contributed by atoms with van der Waals surface area (Å²) in [7, 11) is 0. The van der Waals surface area contributed by atoms with Crippen molar-refractivity contribution in [3.63, 3.8) is 0 Å². The van der Waals surface area contributed by atoms with Crippen LogP contribution in [0.25, 0.3) is 10.9 Å². The molecule has 0 radical (unpaired) electrons. The van der Waals surface area contributed by atoms with Crippen molar-refractivity contribution in [3.8, 4) is 5.75 Å². The third kappa shape index (κ3) is 5.06. The zero-order chi connectivity index (χ0) is 20.9. The minimum atomic E-state index is 0.142. The highest BCUT2D eigenvalue weighted by atomic mass is 16.5. The first-order valence-corrected chi connectivity index (χ1v) is 10.9. The molecule has 0 N–H and O–H groups in total. The first kappa shape index (κ1) is 20.5. The molecule has 1 fully saturated rings. The summed E-state index contributed by atoms with van der Waals surface area (Å²) in [6.07, 6.45) is 3.46. The molecule has 1 aliphatic rings. The molecule has 0 amide bonds. The topological polar surface area (TPSA) is 42.4 Å². The fourth-order valence-electron chi connectivity index (χ4n) is 4.30. The molecule has 0 saturated carbocycles. The van der Waals surface area contributed by atoms with Gasteiger partial charge in [-0.1, -0.05) is 24.3 Å². The van der Waals surface area contributed by atoms with Gasteiger partial charge in [-0.25, -0.2) is 0 Å². The Bertz CT molecular complexity index is 1020. The van der Waals surface area contributed by atoms with E-state index >= 15 is 0 Å². The van der Waals surface area contributed by atoms with Crippen molar-refractivity contribution in [2.24, 2.45) is 5.92 Å². The Kier molecular flexibility index (Phi) is 6.44. The van der Waals surface area contributed by atoms with E-state index in [0.717, 1.165) is 54.0 Å². The van der Waals surface area contributed by atoms with E-state index in [9.17, 15) is 4.79 Å². The van der Waals surface area contributed by atoms with Crippen LogP contribution in [0.3, 0.4) is 0 Å². The number of hydrogen-bond acceptors (Lipinski definition) is 4. The van der Waals surface area contributed by atoms with Gasteiger partial charge in [-0.2, -0.15) is 0 Å². The van der Waals surface area contributed by atoms with Gasteiger partial charge in [0.15, 0.2) is 5.78 Å². The van der Waals surface area contributed by atoms with Gasteiger partial charge in [-0.3, -0.25) is 14.7 Å². The first-order chi connectivity index (χ1) is 14.6. The molecule has 1 aliphatic heterocycles. The molecule has 1 saturated heterocycles. The number of benzene rings is 2. The first-order valence-electron chi connectivity index (χ1n) is 10.9. The molecule has 0 bridgehead atoms. The summed E-state index contributed by atoms with van der Waals surface area (Å²) in [5.41, 5.74) is 4.11. The fourth-order valence-corrected chi connectivity index (χ4v) is 4.30. The number of ketones is 1. The molecule has 4 heteroatoms. The Hall–Kier alpha value is -2.72. The fraction of sp³-hybridized carbons (Fsp3) is 0.385. The summed E-state index contributed by atoms with van der Waals surface area (Å²) >= 11 is 0. The summed E-state index contributed by atoms with van der Waals surface area (Å²) in [5.74, 6) is 1.75. The third-order valence-corrected chi connectivity index (χ3v) is 6.06. The van der Waals surface area contributed by atoms with E-state index in [1.54, 1.807) is 6.92 Å². The second-order valence-corrected chi connectivity index (χ2v) is 8.37. The molecule has 0 aliphatic carbocycles. The van der Waals surface area contributed by atoms with Gasteiger partial charge in [0.25, 0.3) is 0 Å². The van der Waals surface area contributed by atoms with Gasteiger partial charge in [0.1, 0.15) is 12.4 Å². The van der Waals surface area contributed by atoms with Crippen molar-refractivity contribution >= 4 is 16.7 Å². The Balaban J connectivity index is 1.25. The van der Waals surface area contributed by atoms with E-state index in [1.807, 2.05) is 43.3 Å². The van der Waals surface area contributed by atoms with Crippen LogP contribution in [-0.4, -0.2) is 41.9 Å². The molecule has 3 aromatic rings. The number of likely N-dealkylation sites (tertiary alicyclic amines) is 1. The van der Waals surface area contributed by atoms with Crippen molar-refractivity contribution < 1.29 is 9.53 Å². The lowest BCUT2D eigenvalue weighted by Gasteiger charge is -2.32. The lowest BCUT2D eigenvalue weighted by Crippen LogP contribution is -2.37. The van der Waals surface area contributed by atoms with Crippen LogP contribution in [-0.2, 0) is 6.42 Å². The highest BCUT2D eigenvalue weighted by Gasteiger charge is 2.19. The molecule has 4 nitrogen and oxygen atoms in total. The van der Waals surface area contributed by atoms with Crippen molar-refractivity contribution in [1.29, 1.82) is 0 Å². The van der Waals surface area contributed by atoms with Gasteiger partial charge < -0.3 is 4.74 Å². The number of Topliss-reactive ketones (excluding diaryl/α,β-unsaturated/α-hetero) is 1. The monoisotopic (exact) mass is 402 g/mol. The molecule has 1 aromatic heterocycles. The largest absolute Gasteiger partial charge is 0.492 e. The van der Waals surface area contributed by atoms with Gasteiger partial charge in [0.05, 0.1) is 5.52 Å². The second kappa shape index (κ2) is 9.40. The summed E-state index contributed by atoms with van der Waals surface area (Å²) in [6.45, 7) is 7.50. The number of pyridine rings is 1. The molecular formula is C26H30N2O2. The van der Waals surface area contributed by atoms with Crippen molar-refractivity contribution in [2.45, 2.75) is 33.1 Å². The number of carbonyl (C=O) groups is 1. The van der Waals surface area contributed by atoms with Crippen molar-refractivity contribution in [3.05, 3.63) is 71.4 Å². The predicted octanol–water partition coefficient (Wildman–Crippen LogP) is 5.08. The van der Waals surface area contributed by atoms with Crippen molar-refractivity contribution in [1.82, 2.24) is 9.88 Å². The van der Waals surface area contributed by atoms with E-state index in [-0.39, 0.29) is 5.78 Å². The number of nitrogens with zero attached hydrogens (tertiary/aromatic N) is 2. The lowest BCUT2D eigenvalue weighted by molar-refractivity contribution is 0.101. The van der Waals surface area contributed by atoms with Crippen LogP contribution < -0.4 is 4.74 Å². The maximum Gasteiger partial charge on any atom is 0.159 e. The van der Waals surface area contributed by atoms with Gasteiger partial charge in [0, 0.05) is 23.2 Å². The number of hydrogen-bond donors (Lipinski definition) is 0. The minimum absolute atomic E-state index is 0.142. The number of piperidine rings is 1. The molecule has 0 spiro atoms. The normalized spacial score (nSPS) is 15.4. The quantitative estimate of drug-likeness (QED) is 0.517. The van der Waals surface area contributed by atoms with Crippen LogP contribution in [0, 0.1) is 12.8 Å². The molecule has 0 unspecified atom stereocenters. The van der Waals surface area contributed by atoms with Gasteiger partial charge in [-0.05, 0) is 88.0 Å². The van der Waals surface area contributed by atoms with Gasteiger partial charge in [0.2, 0.25) is 0 Å². The summed E-state index contributed by atoms with van der Waals surface area (Å²) < 4.78 is 6.11. The molecule has 30 heavy (non-hydrogen) atoms. The van der Waals surface area contributed by atoms with Crippen LogP contribution in [0.5, 0.6) is 5.75 Å². The zero-order valence-corrected chi connectivity index (χ0v) is 17.9. The van der Waals surface area contributed by atoms with E-state index in [2.05, 4.69) is 28.1 Å². The molecule has 2 aromatic carbocycles. The van der Waals surface area contributed by atoms with Crippen molar-refractivity contribution in [2.75, 3.05) is 26.2 Å². The standard InChI is InChI=1S/C26H30N2O2/c1-19-9-10-24-25(27-19)7-4-8-26(24)30-16-15-28-13-11-21(12-14-28)17-22-5-3-6-23(18-22)20(2)29/h3-10,18,21H,11-17H2,1-2H3. The van der Waals surface area contributed by atoms with Crippen LogP contribution in [0.1, 0.15) is 41.4 Å². The predicted molar refractivity (Wildman–Crippen MR) is 121 cm³/mol. The maximum atomic E-state index is 11.6. The third-order valence-electron chi connectivity index (χ3n) is 6.06. The SMILES string of the molecule is CC(=O)c1cccc(CC2CCN(CCOc3cccc4nc(C)ccc34)CC2)c1. The van der Waals surface area contributed by atoms with E-state index in [1.165, 1.54) is 18.4 Å². The number of fused-ring (bicyclic) bond motifs is 1. The Morgan fingerprint density at radius 2 is 1.90 bits per heavy atom. The van der Waals surface area contributed by atoms with E-state index in [0.29, 0.717) is 12.5 Å². The maximum absolute atomic E-state index is 11.6. The van der Waals surface area contributed by atoms with Crippen LogP contribution in [0.15, 0.2) is 54.6 Å². The Morgan fingerprint density at radius 3 is 2.70 bits per heavy atom. The Labute approximate surface area is 178 Å². The molecule has 156 valence electrons. The number of carbonyl (C=O) groups excluding carboxylic acids is 1. The number of rotatable bonds is 7. The summed E-state index contributed by atoms with van der Waals surface area (Å²) in [5, 5.41) is 1.08. The van der Waals surface area contributed by atoms with Crippen LogP contribution >= 0.6 is 0 Å². The molecule has 0 atom stereocenters. The summed E-state index contributed by atoms with van der Waals surface area (Å²) in [6, 6.07) is 18.3. The molecular weight excluding hydrogens is 372 g/mol. The Morgan fingerprint density at radius 1 is 1.10 bits per heavy atom. The van der Waals surface area contributed by atoms with Gasteiger partial charge in [-0.15, -0.1) is 0 Å². The summed E-state index contributed by atoms with van der Waals surface area (Å²) in [4.78, 5) is 18.7. The average Bonchev–Trinajstić information content (AvgIpc) is 2.75. The molecule has 2 heterocycles. The highest BCUT2D eigenvalue weighted by Crippen LogP contribution is 2.25. The van der Waals surface area contributed by atoms with Crippen LogP contribution in [0.2, 0.25) is 0 Å². The minimum Gasteiger partial charge on any atom is -0.492 e. The zero-order valence-electron chi connectivity index (χ0n) is 17.9. The van der Waals surface area contributed by atoms with Crippen LogP contribution in [0.4, 0.5) is 0 Å². The lowest BCUT2D eigenvalue weighted by atomic mass is 9.89. The number of aromatic nitrogens is 1. The van der Waals surface area contributed by atoms with E-state index < -0.39 is 0 Å². The smallest absolute Gasteiger partial charge is 0.159 e. The van der Waals surface area contributed by atoms with E-state index in [4.69, 9.17) is 4.74 Å². The highest BCUT2D eigenvalue weighted by molar-refractivity contribution is 5.94. The number of ether oxygens (including phenoxy) is 1. The second-order valence-electron chi connectivity index (χ2n) is 8.37. The van der Waals surface area contributed by atoms with Gasteiger partial charge >= 0.3 is 0 Å². The number of aryl methyl sites for hydroxylation is 1. The molecule has 4 rings (SSSR count). The average molecular weight is 403 g/mol.